The summed E-state index contributed by atoms with van der Waals surface area (Å²) in [5, 5.41) is 0. The maximum Gasteiger partial charge on any atom is 0.470 e. The van der Waals surface area contributed by atoms with E-state index in [4.69, 9.17) is 14.3 Å². The van der Waals surface area contributed by atoms with Gasteiger partial charge in [-0.3, -0.25) is 4.52 Å². The number of hydrogen-bond acceptors (Lipinski definition) is 2. The third-order valence-electron chi connectivity index (χ3n) is 2.64. The molecule has 0 amide bonds. The van der Waals surface area contributed by atoms with Crippen LogP contribution in [0, 0.1) is 5.92 Å². The molecule has 0 bridgehead atoms. The van der Waals surface area contributed by atoms with Crippen LogP contribution in [0.15, 0.2) is 38.0 Å². The summed E-state index contributed by atoms with van der Waals surface area (Å²) in [4.78, 5) is 17.9. The quantitative estimate of drug-likeness (QED) is 0.493. The fourth-order valence-corrected chi connectivity index (χ4v) is 2.60. The van der Waals surface area contributed by atoms with Gasteiger partial charge in [-0.1, -0.05) is 18.2 Å². The summed E-state index contributed by atoms with van der Waals surface area (Å²) >= 11 is 0. The second kappa shape index (κ2) is 6.92. The van der Waals surface area contributed by atoms with Crippen molar-refractivity contribution in [2.45, 2.75) is 31.8 Å². The lowest BCUT2D eigenvalue weighted by Gasteiger charge is -2.36. The van der Waals surface area contributed by atoms with E-state index >= 15 is 0 Å². The molecular formula is C12H21O4P. The Kier molecular flexibility index (Phi) is 6.65. The molecule has 0 aromatic rings. The zero-order valence-corrected chi connectivity index (χ0v) is 11.1. The third kappa shape index (κ3) is 5.99. The molecule has 5 heteroatoms. The zero-order valence-electron chi connectivity index (χ0n) is 10.2. The van der Waals surface area contributed by atoms with Crippen molar-refractivity contribution in [3.63, 3.8) is 0 Å². The van der Waals surface area contributed by atoms with E-state index in [1.807, 2.05) is 0 Å². The van der Waals surface area contributed by atoms with Crippen LogP contribution in [0.25, 0.3) is 0 Å². The molecule has 2 N–H and O–H groups in total. The van der Waals surface area contributed by atoms with Gasteiger partial charge in [0.05, 0.1) is 5.60 Å². The minimum atomic E-state index is -4.53. The summed E-state index contributed by atoms with van der Waals surface area (Å²) in [7, 11) is -4.53. The second-order valence-electron chi connectivity index (χ2n) is 4.13. The van der Waals surface area contributed by atoms with Gasteiger partial charge in [0.25, 0.3) is 0 Å². The lowest BCUT2D eigenvalue weighted by molar-refractivity contribution is 0.00260. The van der Waals surface area contributed by atoms with Crippen LogP contribution in [0.4, 0.5) is 0 Å². The van der Waals surface area contributed by atoms with E-state index in [0.29, 0.717) is 19.3 Å². The van der Waals surface area contributed by atoms with E-state index in [-0.39, 0.29) is 5.92 Å². The highest BCUT2D eigenvalue weighted by Crippen LogP contribution is 2.47. The molecule has 17 heavy (non-hydrogen) atoms. The Morgan fingerprint density at radius 1 is 1.24 bits per heavy atom. The van der Waals surface area contributed by atoms with Crippen molar-refractivity contribution < 1.29 is 18.9 Å². The van der Waals surface area contributed by atoms with Crippen molar-refractivity contribution in [2.24, 2.45) is 5.92 Å². The molecule has 0 aliphatic rings. The molecule has 0 heterocycles. The van der Waals surface area contributed by atoms with Gasteiger partial charge in [0.1, 0.15) is 0 Å². The van der Waals surface area contributed by atoms with E-state index in [0.717, 1.165) is 0 Å². The summed E-state index contributed by atoms with van der Waals surface area (Å²) < 4.78 is 16.0. The summed E-state index contributed by atoms with van der Waals surface area (Å²) in [6, 6.07) is 0. The summed E-state index contributed by atoms with van der Waals surface area (Å²) in [5.74, 6) is -0.0943. The summed E-state index contributed by atoms with van der Waals surface area (Å²) in [6.07, 6.45) is 6.54. The van der Waals surface area contributed by atoms with E-state index in [1.165, 1.54) is 0 Å². The number of hydrogen-bond donors (Lipinski definition) is 2. The average molecular weight is 260 g/mol. The number of phosphoric ester groups is 1. The van der Waals surface area contributed by atoms with Crippen LogP contribution < -0.4 is 0 Å². The van der Waals surface area contributed by atoms with Crippen LogP contribution in [0.5, 0.6) is 0 Å². The highest BCUT2D eigenvalue weighted by atomic mass is 31.2. The molecule has 0 aliphatic heterocycles. The Hall–Kier alpha value is -0.670. The van der Waals surface area contributed by atoms with Crippen LogP contribution in [0.1, 0.15) is 26.2 Å². The molecule has 0 radical (unpaired) electrons. The van der Waals surface area contributed by atoms with E-state index in [9.17, 15) is 4.57 Å². The molecule has 0 rings (SSSR count). The molecule has 4 nitrogen and oxygen atoms in total. The first-order chi connectivity index (χ1) is 7.79. The monoisotopic (exact) mass is 260 g/mol. The van der Waals surface area contributed by atoms with Gasteiger partial charge in [-0.15, -0.1) is 19.7 Å². The molecule has 0 aromatic carbocycles. The Bertz CT molecular complexity index is 310. The number of rotatable bonds is 9. The van der Waals surface area contributed by atoms with Crippen molar-refractivity contribution in [3.8, 4) is 0 Å². The SMILES string of the molecule is C=CCC(CC=C)C(C)(CC=C)OP(=O)(O)O. The van der Waals surface area contributed by atoms with Crippen molar-refractivity contribution in [2.75, 3.05) is 0 Å². The van der Waals surface area contributed by atoms with Crippen molar-refractivity contribution in [1.29, 1.82) is 0 Å². The fourth-order valence-electron chi connectivity index (χ4n) is 1.83. The van der Waals surface area contributed by atoms with Crippen LogP contribution in [-0.2, 0) is 9.09 Å². The topological polar surface area (TPSA) is 66.8 Å². The Morgan fingerprint density at radius 3 is 2.00 bits per heavy atom. The lowest BCUT2D eigenvalue weighted by atomic mass is 9.82. The van der Waals surface area contributed by atoms with E-state index < -0.39 is 13.4 Å². The largest absolute Gasteiger partial charge is 0.470 e. The highest BCUT2D eigenvalue weighted by Gasteiger charge is 2.38. The maximum absolute atomic E-state index is 11.0. The van der Waals surface area contributed by atoms with Gasteiger partial charge in [0.15, 0.2) is 0 Å². The van der Waals surface area contributed by atoms with Gasteiger partial charge < -0.3 is 9.79 Å². The van der Waals surface area contributed by atoms with Crippen molar-refractivity contribution in [3.05, 3.63) is 38.0 Å². The zero-order chi connectivity index (χ0) is 13.5. The first-order valence-corrected chi connectivity index (χ1v) is 6.91. The second-order valence-corrected chi connectivity index (χ2v) is 5.30. The van der Waals surface area contributed by atoms with E-state index in [1.54, 1.807) is 25.2 Å². The first-order valence-electron chi connectivity index (χ1n) is 5.38. The number of phosphoric acid groups is 1. The molecule has 98 valence electrons. The van der Waals surface area contributed by atoms with Crippen LogP contribution >= 0.6 is 7.82 Å². The minimum Gasteiger partial charge on any atom is -0.303 e. The third-order valence-corrected chi connectivity index (χ3v) is 3.30. The Morgan fingerprint density at radius 2 is 1.71 bits per heavy atom. The van der Waals surface area contributed by atoms with Gasteiger partial charge in [-0.25, -0.2) is 4.57 Å². The predicted molar refractivity (Wildman–Crippen MR) is 69.5 cm³/mol. The molecule has 0 aliphatic carbocycles. The Balaban J connectivity index is 5.09. The summed E-state index contributed by atoms with van der Waals surface area (Å²) in [6.45, 7) is 12.6. The lowest BCUT2D eigenvalue weighted by Crippen LogP contribution is -2.36. The minimum absolute atomic E-state index is 0.0943. The standard InChI is InChI=1S/C12H21O4P/c1-5-8-11(9-6-2)12(4,10-7-3)16-17(13,14)15/h5-7,11H,1-3,8-10H2,4H3,(H2,13,14,15). The van der Waals surface area contributed by atoms with Crippen molar-refractivity contribution in [1.82, 2.24) is 0 Å². The van der Waals surface area contributed by atoms with Gasteiger partial charge >= 0.3 is 7.82 Å². The number of allylic oxidation sites excluding steroid dienone is 2. The maximum atomic E-state index is 11.0. The van der Waals surface area contributed by atoms with Crippen LogP contribution in [0.2, 0.25) is 0 Å². The summed E-state index contributed by atoms with van der Waals surface area (Å²) in [5.41, 5.74) is -0.969. The predicted octanol–water partition coefficient (Wildman–Crippen LogP) is 3.20. The molecule has 0 spiro atoms. The molecular weight excluding hydrogens is 239 g/mol. The smallest absolute Gasteiger partial charge is 0.303 e. The molecule has 0 saturated carbocycles. The van der Waals surface area contributed by atoms with Gasteiger partial charge in [-0.2, -0.15) is 0 Å². The van der Waals surface area contributed by atoms with Gasteiger partial charge in [0, 0.05) is 0 Å². The average Bonchev–Trinajstić information content (AvgIpc) is 2.15. The Labute approximate surface area is 103 Å². The molecule has 0 saturated heterocycles. The van der Waals surface area contributed by atoms with Gasteiger partial charge in [0.2, 0.25) is 0 Å². The van der Waals surface area contributed by atoms with Gasteiger partial charge in [-0.05, 0) is 32.1 Å². The highest BCUT2D eigenvalue weighted by molar-refractivity contribution is 7.46. The molecule has 0 fully saturated rings. The molecule has 1 unspecified atom stereocenters. The van der Waals surface area contributed by atoms with Crippen molar-refractivity contribution >= 4 is 7.82 Å². The van der Waals surface area contributed by atoms with Crippen LogP contribution in [-0.4, -0.2) is 15.4 Å². The first kappa shape index (κ1) is 16.3. The normalized spacial score (nSPS) is 15.3. The van der Waals surface area contributed by atoms with E-state index in [2.05, 4.69) is 19.7 Å². The van der Waals surface area contributed by atoms with Crippen LogP contribution in [0.3, 0.4) is 0 Å². The fraction of sp³-hybridized carbons (Fsp3) is 0.500. The molecule has 1 atom stereocenters. The molecule has 0 aromatic heterocycles.